The van der Waals surface area contributed by atoms with Gasteiger partial charge in [-0.3, -0.25) is 4.79 Å². The largest absolute Gasteiger partial charge is 0.480 e. The molecule has 0 saturated carbocycles. The minimum Gasteiger partial charge on any atom is -0.480 e. The first-order valence-electron chi connectivity index (χ1n) is 4.45. The topological polar surface area (TPSA) is 92.4 Å². The van der Waals surface area contributed by atoms with E-state index in [1.54, 1.807) is 0 Å². The molecule has 0 aliphatic carbocycles. The SMILES string of the molecule is NCCCC(NC(=O)CCS)C(=O)O. The highest BCUT2D eigenvalue weighted by Gasteiger charge is 2.18. The van der Waals surface area contributed by atoms with E-state index in [2.05, 4.69) is 17.9 Å². The molecule has 5 nitrogen and oxygen atoms in total. The molecular formula is C8H16N2O3S. The number of aliphatic carboxylic acids is 1. The summed E-state index contributed by atoms with van der Waals surface area (Å²) >= 11 is 3.88. The van der Waals surface area contributed by atoms with Crippen LogP contribution in [-0.2, 0) is 9.59 Å². The average Bonchev–Trinajstić information content (AvgIpc) is 2.12. The lowest BCUT2D eigenvalue weighted by atomic mass is 10.1. The fourth-order valence-electron chi connectivity index (χ4n) is 0.947. The molecular weight excluding hydrogens is 204 g/mol. The fraction of sp³-hybridized carbons (Fsp3) is 0.750. The van der Waals surface area contributed by atoms with E-state index >= 15 is 0 Å². The van der Waals surface area contributed by atoms with Crippen LogP contribution in [0.4, 0.5) is 0 Å². The summed E-state index contributed by atoms with van der Waals surface area (Å²) in [5, 5.41) is 11.2. The zero-order valence-corrected chi connectivity index (χ0v) is 8.80. The van der Waals surface area contributed by atoms with E-state index in [1.807, 2.05) is 0 Å². The van der Waals surface area contributed by atoms with Gasteiger partial charge in [-0.25, -0.2) is 4.79 Å². The van der Waals surface area contributed by atoms with Crippen molar-refractivity contribution < 1.29 is 14.7 Å². The van der Waals surface area contributed by atoms with Crippen molar-refractivity contribution in [3.05, 3.63) is 0 Å². The molecule has 0 bridgehead atoms. The van der Waals surface area contributed by atoms with E-state index in [4.69, 9.17) is 10.8 Å². The summed E-state index contributed by atoms with van der Waals surface area (Å²) in [6, 6.07) is -0.828. The van der Waals surface area contributed by atoms with Crippen LogP contribution in [0.25, 0.3) is 0 Å². The Morgan fingerprint density at radius 1 is 1.50 bits per heavy atom. The van der Waals surface area contributed by atoms with Gasteiger partial charge >= 0.3 is 5.97 Å². The fourth-order valence-corrected chi connectivity index (χ4v) is 1.15. The molecule has 1 amide bonds. The minimum absolute atomic E-state index is 0.232. The second-order valence-electron chi connectivity index (χ2n) is 2.86. The van der Waals surface area contributed by atoms with E-state index in [0.717, 1.165) is 0 Å². The quantitative estimate of drug-likeness (QED) is 0.440. The predicted octanol–water partition coefficient (Wildman–Crippen LogP) is -0.385. The van der Waals surface area contributed by atoms with Crippen LogP contribution in [0.1, 0.15) is 19.3 Å². The summed E-state index contributed by atoms with van der Waals surface area (Å²) in [6.45, 7) is 0.423. The van der Waals surface area contributed by atoms with Crippen LogP contribution < -0.4 is 11.1 Å². The average molecular weight is 220 g/mol. The zero-order valence-electron chi connectivity index (χ0n) is 7.90. The van der Waals surface area contributed by atoms with Gasteiger partial charge in [0, 0.05) is 6.42 Å². The summed E-state index contributed by atoms with van der Waals surface area (Å²) < 4.78 is 0. The molecule has 82 valence electrons. The van der Waals surface area contributed by atoms with Gasteiger partial charge < -0.3 is 16.2 Å². The number of nitrogens with one attached hydrogen (secondary N) is 1. The molecule has 1 atom stereocenters. The van der Waals surface area contributed by atoms with E-state index in [0.29, 0.717) is 25.1 Å². The second kappa shape index (κ2) is 7.64. The molecule has 0 spiro atoms. The molecule has 0 rings (SSSR count). The molecule has 0 fully saturated rings. The van der Waals surface area contributed by atoms with Crippen LogP contribution in [0.2, 0.25) is 0 Å². The van der Waals surface area contributed by atoms with Crippen molar-refractivity contribution in [2.24, 2.45) is 5.73 Å². The number of carbonyl (C=O) groups excluding carboxylic acids is 1. The second-order valence-corrected chi connectivity index (χ2v) is 3.31. The van der Waals surface area contributed by atoms with Gasteiger partial charge in [0.25, 0.3) is 0 Å². The number of rotatable bonds is 7. The van der Waals surface area contributed by atoms with Gasteiger partial charge in [0.2, 0.25) is 5.91 Å². The molecule has 6 heteroatoms. The van der Waals surface area contributed by atoms with Gasteiger partial charge in [-0.05, 0) is 25.1 Å². The molecule has 0 saturated heterocycles. The standard InChI is InChI=1S/C8H16N2O3S/c9-4-1-2-6(8(12)13)10-7(11)3-5-14/h6,14H,1-5,9H2,(H,10,11)(H,12,13). The first kappa shape index (κ1) is 13.2. The Labute approximate surface area is 88.5 Å². The summed E-state index contributed by atoms with van der Waals surface area (Å²) in [5.41, 5.74) is 5.25. The minimum atomic E-state index is -1.02. The Morgan fingerprint density at radius 3 is 2.57 bits per heavy atom. The van der Waals surface area contributed by atoms with Crippen molar-refractivity contribution in [3.8, 4) is 0 Å². The Morgan fingerprint density at radius 2 is 2.14 bits per heavy atom. The van der Waals surface area contributed by atoms with Crippen molar-refractivity contribution in [1.82, 2.24) is 5.32 Å². The molecule has 0 heterocycles. The first-order valence-corrected chi connectivity index (χ1v) is 5.08. The molecule has 0 aliphatic heterocycles. The summed E-state index contributed by atoms with van der Waals surface area (Å²) in [5.74, 6) is -0.898. The van der Waals surface area contributed by atoms with Crippen molar-refractivity contribution >= 4 is 24.5 Å². The molecule has 4 N–H and O–H groups in total. The number of carbonyl (C=O) groups is 2. The van der Waals surface area contributed by atoms with Gasteiger partial charge in [0.1, 0.15) is 6.04 Å². The van der Waals surface area contributed by atoms with Crippen LogP contribution in [-0.4, -0.2) is 35.3 Å². The third-order valence-electron chi connectivity index (χ3n) is 1.67. The molecule has 0 aliphatic rings. The number of carboxylic acids is 1. The molecule has 0 aromatic carbocycles. The van der Waals surface area contributed by atoms with E-state index in [-0.39, 0.29) is 12.3 Å². The van der Waals surface area contributed by atoms with E-state index < -0.39 is 12.0 Å². The van der Waals surface area contributed by atoms with Gasteiger partial charge in [0.05, 0.1) is 0 Å². The summed E-state index contributed by atoms with van der Waals surface area (Å²) in [7, 11) is 0. The molecule has 0 aromatic rings. The Hall–Kier alpha value is -0.750. The maximum Gasteiger partial charge on any atom is 0.326 e. The lowest BCUT2D eigenvalue weighted by Gasteiger charge is -2.13. The predicted molar refractivity (Wildman–Crippen MR) is 56.3 cm³/mol. The van der Waals surface area contributed by atoms with Gasteiger partial charge in [-0.2, -0.15) is 12.6 Å². The highest BCUT2D eigenvalue weighted by molar-refractivity contribution is 7.80. The maximum absolute atomic E-state index is 11.1. The molecule has 1 unspecified atom stereocenters. The Bertz CT molecular complexity index is 199. The number of thiol groups is 1. The number of nitrogens with two attached hydrogens (primary N) is 1. The van der Waals surface area contributed by atoms with Crippen LogP contribution in [0.15, 0.2) is 0 Å². The number of hydrogen-bond acceptors (Lipinski definition) is 4. The normalized spacial score (nSPS) is 12.1. The number of hydrogen-bond donors (Lipinski definition) is 4. The van der Waals surface area contributed by atoms with Crippen LogP contribution in [0.5, 0.6) is 0 Å². The lowest BCUT2D eigenvalue weighted by molar-refractivity contribution is -0.142. The van der Waals surface area contributed by atoms with Crippen molar-refractivity contribution in [2.45, 2.75) is 25.3 Å². The monoisotopic (exact) mass is 220 g/mol. The van der Waals surface area contributed by atoms with Gasteiger partial charge in [0.15, 0.2) is 0 Å². The molecule has 0 radical (unpaired) electrons. The van der Waals surface area contributed by atoms with Crippen LogP contribution in [0, 0.1) is 0 Å². The Kier molecular flexibility index (Phi) is 7.23. The highest BCUT2D eigenvalue weighted by Crippen LogP contribution is 1.97. The van der Waals surface area contributed by atoms with E-state index in [9.17, 15) is 9.59 Å². The lowest BCUT2D eigenvalue weighted by Crippen LogP contribution is -2.41. The number of carboxylic acid groups (broad SMARTS) is 1. The molecule has 14 heavy (non-hydrogen) atoms. The maximum atomic E-state index is 11.1. The van der Waals surface area contributed by atoms with Gasteiger partial charge in [-0.1, -0.05) is 0 Å². The van der Waals surface area contributed by atoms with Gasteiger partial charge in [-0.15, -0.1) is 0 Å². The number of amides is 1. The Balaban J connectivity index is 3.95. The zero-order chi connectivity index (χ0) is 11.0. The third-order valence-corrected chi connectivity index (χ3v) is 1.89. The summed E-state index contributed by atoms with van der Waals surface area (Å²) in [4.78, 5) is 21.7. The van der Waals surface area contributed by atoms with Crippen molar-refractivity contribution in [3.63, 3.8) is 0 Å². The van der Waals surface area contributed by atoms with E-state index in [1.165, 1.54) is 0 Å². The first-order chi connectivity index (χ1) is 6.61. The van der Waals surface area contributed by atoms with Crippen LogP contribution >= 0.6 is 12.6 Å². The van der Waals surface area contributed by atoms with Crippen LogP contribution in [0.3, 0.4) is 0 Å². The van der Waals surface area contributed by atoms with Crippen molar-refractivity contribution in [2.75, 3.05) is 12.3 Å². The highest BCUT2D eigenvalue weighted by atomic mass is 32.1. The van der Waals surface area contributed by atoms with Crippen molar-refractivity contribution in [1.29, 1.82) is 0 Å². The smallest absolute Gasteiger partial charge is 0.326 e. The summed E-state index contributed by atoms with van der Waals surface area (Å²) in [6.07, 6.45) is 1.18. The third kappa shape index (κ3) is 5.82. The molecule has 0 aromatic heterocycles.